The van der Waals surface area contributed by atoms with E-state index in [-0.39, 0.29) is 21.7 Å². The number of nitrogens with zero attached hydrogens (tertiary/aromatic N) is 1. The van der Waals surface area contributed by atoms with Gasteiger partial charge >= 0.3 is 0 Å². The van der Waals surface area contributed by atoms with E-state index in [9.17, 15) is 18.0 Å². The van der Waals surface area contributed by atoms with E-state index in [2.05, 4.69) is 0 Å². The molecule has 0 spiro atoms. The number of carbonyl (C=O) groups excluding carboxylic acids is 2. The molecule has 1 aliphatic rings. The molecule has 0 atom stereocenters. The van der Waals surface area contributed by atoms with Crippen LogP contribution in [0.25, 0.3) is 0 Å². The van der Waals surface area contributed by atoms with Gasteiger partial charge in [0.2, 0.25) is 0 Å². The van der Waals surface area contributed by atoms with E-state index in [1.807, 2.05) is 0 Å². The van der Waals surface area contributed by atoms with Gasteiger partial charge < -0.3 is 0 Å². The fraction of sp³-hybridized carbons (Fsp3) is 0. The van der Waals surface area contributed by atoms with Crippen molar-refractivity contribution in [2.45, 2.75) is 4.90 Å². The summed E-state index contributed by atoms with van der Waals surface area (Å²) >= 11 is 0. The predicted octanol–water partition coefficient (Wildman–Crippen LogP) is 2.41. The van der Waals surface area contributed by atoms with Crippen molar-refractivity contribution in [3.05, 3.63) is 59.7 Å². The summed E-state index contributed by atoms with van der Waals surface area (Å²) in [6, 6.07) is 11.9. The molecule has 0 unspecified atom stereocenters. The van der Waals surface area contributed by atoms with Crippen LogP contribution in [0.4, 0.5) is 5.69 Å². The first-order chi connectivity index (χ1) is 9.91. The van der Waals surface area contributed by atoms with Gasteiger partial charge in [-0.1, -0.05) is 24.3 Å². The van der Waals surface area contributed by atoms with Crippen molar-refractivity contribution in [1.29, 1.82) is 0 Å². The number of carbonyl (C=O) groups is 2. The quantitative estimate of drug-likeness (QED) is 0.629. The zero-order chi connectivity index (χ0) is 15.2. The lowest BCUT2D eigenvalue weighted by Gasteiger charge is -2.16. The summed E-state index contributed by atoms with van der Waals surface area (Å²) in [5.41, 5.74) is 0.437. The minimum Gasteiger partial charge on any atom is -0.268 e. The zero-order valence-electron chi connectivity index (χ0n) is 10.5. The molecule has 0 radical (unpaired) electrons. The number of anilines is 1. The second-order valence-corrected chi connectivity index (χ2v) is 6.93. The maximum absolute atomic E-state index is 12.4. The number of benzene rings is 2. The third kappa shape index (κ3) is 2.12. The van der Waals surface area contributed by atoms with Crippen molar-refractivity contribution in [2.24, 2.45) is 0 Å². The Bertz CT molecular complexity index is 841. The van der Waals surface area contributed by atoms with E-state index in [1.165, 1.54) is 36.4 Å². The molecule has 0 fully saturated rings. The van der Waals surface area contributed by atoms with Crippen LogP contribution in [-0.2, 0) is 9.05 Å². The highest BCUT2D eigenvalue weighted by molar-refractivity contribution is 8.13. The molecule has 0 aliphatic carbocycles. The number of imide groups is 1. The van der Waals surface area contributed by atoms with Crippen molar-refractivity contribution >= 4 is 37.2 Å². The monoisotopic (exact) mass is 321 g/mol. The van der Waals surface area contributed by atoms with Gasteiger partial charge in [-0.2, -0.15) is 0 Å². The standard InChI is InChI=1S/C14H8ClNO4S/c15-21(19,20)12-8-4-3-7-11(12)16-13(17)9-5-1-2-6-10(9)14(16)18/h1-8H. The fourth-order valence-corrected chi connectivity index (χ4v) is 3.30. The Labute approximate surface area is 125 Å². The van der Waals surface area contributed by atoms with Gasteiger partial charge in [0.1, 0.15) is 4.90 Å². The molecule has 3 rings (SSSR count). The summed E-state index contributed by atoms with van der Waals surface area (Å²) in [6.45, 7) is 0. The number of hydrogen-bond donors (Lipinski definition) is 0. The first-order valence-electron chi connectivity index (χ1n) is 5.93. The van der Waals surface area contributed by atoms with E-state index in [1.54, 1.807) is 12.1 Å². The van der Waals surface area contributed by atoms with Gasteiger partial charge in [-0.05, 0) is 24.3 Å². The van der Waals surface area contributed by atoms with Crippen LogP contribution in [0.2, 0.25) is 0 Å². The van der Waals surface area contributed by atoms with Crippen molar-refractivity contribution in [2.75, 3.05) is 4.90 Å². The van der Waals surface area contributed by atoms with Crippen LogP contribution in [-0.4, -0.2) is 20.2 Å². The van der Waals surface area contributed by atoms with Crippen LogP contribution in [0, 0.1) is 0 Å². The Morgan fingerprint density at radius 1 is 0.810 bits per heavy atom. The number of hydrogen-bond acceptors (Lipinski definition) is 4. The Balaban J connectivity index is 2.21. The van der Waals surface area contributed by atoms with Crippen LogP contribution in [0.15, 0.2) is 53.4 Å². The summed E-state index contributed by atoms with van der Waals surface area (Å²) in [6.07, 6.45) is 0. The lowest BCUT2D eigenvalue weighted by atomic mass is 10.1. The minimum atomic E-state index is -4.08. The molecule has 0 bridgehead atoms. The number of amides is 2. The number of para-hydroxylation sites is 1. The summed E-state index contributed by atoms with van der Waals surface area (Å²) in [5.74, 6) is -1.13. The Morgan fingerprint density at radius 3 is 1.81 bits per heavy atom. The predicted molar refractivity (Wildman–Crippen MR) is 77.1 cm³/mol. The van der Waals surface area contributed by atoms with Crippen molar-refractivity contribution in [3.63, 3.8) is 0 Å². The average Bonchev–Trinajstić information content (AvgIpc) is 2.71. The van der Waals surface area contributed by atoms with Crippen LogP contribution >= 0.6 is 10.7 Å². The molecule has 1 aliphatic heterocycles. The Morgan fingerprint density at radius 2 is 1.29 bits per heavy atom. The van der Waals surface area contributed by atoms with Gasteiger partial charge in [-0.3, -0.25) is 9.59 Å². The van der Waals surface area contributed by atoms with Crippen LogP contribution in [0.3, 0.4) is 0 Å². The molecule has 0 aromatic heterocycles. The van der Waals surface area contributed by atoms with E-state index in [4.69, 9.17) is 10.7 Å². The maximum Gasteiger partial charge on any atom is 0.266 e. The van der Waals surface area contributed by atoms with Crippen molar-refractivity contribution in [1.82, 2.24) is 0 Å². The highest BCUT2D eigenvalue weighted by Gasteiger charge is 2.38. The van der Waals surface area contributed by atoms with Gasteiger partial charge in [0.05, 0.1) is 16.8 Å². The molecule has 7 heteroatoms. The summed E-state index contributed by atoms with van der Waals surface area (Å²) in [7, 11) is 1.29. The van der Waals surface area contributed by atoms with Crippen molar-refractivity contribution in [3.8, 4) is 0 Å². The molecule has 0 saturated carbocycles. The fourth-order valence-electron chi connectivity index (χ4n) is 2.26. The van der Waals surface area contributed by atoms with E-state index in [0.717, 1.165) is 4.90 Å². The SMILES string of the molecule is O=C1c2ccccc2C(=O)N1c1ccccc1S(=O)(=O)Cl. The zero-order valence-corrected chi connectivity index (χ0v) is 12.1. The van der Waals surface area contributed by atoms with E-state index in [0.29, 0.717) is 0 Å². The second kappa shape index (κ2) is 4.68. The van der Waals surface area contributed by atoms with Gasteiger partial charge in [0.25, 0.3) is 20.9 Å². The number of fused-ring (bicyclic) bond motifs is 1. The molecule has 0 saturated heterocycles. The molecular formula is C14H8ClNO4S. The second-order valence-electron chi connectivity index (χ2n) is 4.40. The number of halogens is 1. The molecule has 106 valence electrons. The third-order valence-corrected chi connectivity index (χ3v) is 4.53. The normalized spacial score (nSPS) is 14.4. The summed E-state index contributed by atoms with van der Waals surface area (Å²) in [5, 5.41) is 0. The van der Waals surface area contributed by atoms with Gasteiger partial charge in [-0.15, -0.1) is 0 Å². The molecule has 1 heterocycles. The molecule has 2 aromatic rings. The van der Waals surface area contributed by atoms with Crippen LogP contribution in [0.1, 0.15) is 20.7 Å². The van der Waals surface area contributed by atoms with E-state index < -0.39 is 20.9 Å². The smallest absolute Gasteiger partial charge is 0.266 e. The number of rotatable bonds is 2. The average molecular weight is 322 g/mol. The molecule has 21 heavy (non-hydrogen) atoms. The molecule has 2 aromatic carbocycles. The Kier molecular flexibility index (Phi) is 3.07. The molecule has 2 amide bonds. The highest BCUT2D eigenvalue weighted by atomic mass is 35.7. The lowest BCUT2D eigenvalue weighted by Crippen LogP contribution is -2.30. The summed E-state index contributed by atoms with van der Waals surface area (Å²) in [4.78, 5) is 25.3. The van der Waals surface area contributed by atoms with Crippen molar-refractivity contribution < 1.29 is 18.0 Å². The first-order valence-corrected chi connectivity index (χ1v) is 8.23. The largest absolute Gasteiger partial charge is 0.268 e. The van der Waals surface area contributed by atoms with Crippen LogP contribution < -0.4 is 4.90 Å². The maximum atomic E-state index is 12.4. The van der Waals surface area contributed by atoms with Gasteiger partial charge in [0.15, 0.2) is 0 Å². The van der Waals surface area contributed by atoms with E-state index >= 15 is 0 Å². The summed E-state index contributed by atoms with van der Waals surface area (Å²) < 4.78 is 23.2. The highest BCUT2D eigenvalue weighted by Crippen LogP contribution is 2.33. The first kappa shape index (κ1) is 13.8. The molecular weight excluding hydrogens is 314 g/mol. The van der Waals surface area contributed by atoms with Crippen LogP contribution in [0.5, 0.6) is 0 Å². The topological polar surface area (TPSA) is 71.5 Å². The lowest BCUT2D eigenvalue weighted by molar-refractivity contribution is 0.0925. The third-order valence-electron chi connectivity index (χ3n) is 3.16. The Hall–Kier alpha value is -2.18. The molecule has 0 N–H and O–H groups in total. The minimum absolute atomic E-state index is 0.0429. The van der Waals surface area contributed by atoms with Gasteiger partial charge in [0, 0.05) is 10.7 Å². The van der Waals surface area contributed by atoms with Gasteiger partial charge in [-0.25, -0.2) is 13.3 Å². The molecule has 5 nitrogen and oxygen atoms in total.